The van der Waals surface area contributed by atoms with Gasteiger partial charge in [-0.15, -0.1) is 0 Å². The monoisotopic (exact) mass is 258 g/mol. The van der Waals surface area contributed by atoms with Gasteiger partial charge in [0.25, 0.3) is 0 Å². The average molecular weight is 259 g/mol. The molecule has 2 N–H and O–H groups in total. The van der Waals surface area contributed by atoms with Crippen LogP contribution in [0.2, 0.25) is 5.02 Å². The average Bonchev–Trinajstić information content (AvgIpc) is 2.32. The first-order valence-corrected chi connectivity index (χ1v) is 5.57. The number of nitrogens with zero attached hydrogens (tertiary/aromatic N) is 2. The summed E-state index contributed by atoms with van der Waals surface area (Å²) in [4.78, 5) is 19.4. The fourth-order valence-electron chi connectivity index (χ4n) is 1.15. The second kappa shape index (κ2) is 6.24. The molecule has 1 aromatic heterocycles. The Hall–Kier alpha value is -1.56. The van der Waals surface area contributed by atoms with Crippen molar-refractivity contribution < 1.29 is 9.53 Å². The molecule has 0 saturated heterocycles. The van der Waals surface area contributed by atoms with Crippen LogP contribution < -0.4 is 10.6 Å². The minimum Gasteiger partial charge on any atom is -0.467 e. The maximum absolute atomic E-state index is 11.3. The molecule has 0 amide bonds. The van der Waals surface area contributed by atoms with Gasteiger partial charge >= 0.3 is 5.97 Å². The molecule has 1 rings (SSSR count). The van der Waals surface area contributed by atoms with Gasteiger partial charge in [0.1, 0.15) is 11.1 Å². The predicted molar refractivity (Wildman–Crippen MR) is 66.3 cm³/mol. The highest BCUT2D eigenvalue weighted by Crippen LogP contribution is 2.20. The molecule has 0 aliphatic carbocycles. The molecule has 1 aromatic rings. The van der Waals surface area contributed by atoms with E-state index >= 15 is 0 Å². The van der Waals surface area contributed by atoms with E-state index < -0.39 is 6.04 Å². The number of carbonyl (C=O) groups excluding carboxylic acids is 1. The van der Waals surface area contributed by atoms with Crippen LogP contribution in [0, 0.1) is 0 Å². The molecule has 0 saturated carbocycles. The van der Waals surface area contributed by atoms with E-state index in [0.29, 0.717) is 23.3 Å². The van der Waals surface area contributed by atoms with Crippen LogP contribution in [0.25, 0.3) is 0 Å². The van der Waals surface area contributed by atoms with Gasteiger partial charge in [0.2, 0.25) is 5.95 Å². The van der Waals surface area contributed by atoms with Crippen LogP contribution in [0.5, 0.6) is 0 Å². The minimum atomic E-state index is -0.526. The fraction of sp³-hybridized carbons (Fsp3) is 0.500. The van der Waals surface area contributed by atoms with Crippen molar-refractivity contribution in [1.82, 2.24) is 9.97 Å². The van der Waals surface area contributed by atoms with Gasteiger partial charge in [-0.25, -0.2) is 9.78 Å². The maximum atomic E-state index is 11.3. The molecule has 94 valence electrons. The summed E-state index contributed by atoms with van der Waals surface area (Å²) in [6, 6.07) is -0.526. The number of esters is 1. The lowest BCUT2D eigenvalue weighted by Gasteiger charge is -2.13. The van der Waals surface area contributed by atoms with Crippen LogP contribution in [0.3, 0.4) is 0 Å². The summed E-state index contributed by atoms with van der Waals surface area (Å²) in [6.45, 7) is 4.30. The summed E-state index contributed by atoms with van der Waals surface area (Å²) in [5.74, 6) is 0.469. The fourth-order valence-corrected chi connectivity index (χ4v) is 1.30. The molecule has 0 bridgehead atoms. The highest BCUT2D eigenvalue weighted by atomic mass is 35.5. The molecular formula is C10H15ClN4O2. The van der Waals surface area contributed by atoms with Crippen molar-refractivity contribution in [3.05, 3.63) is 11.2 Å². The third-order valence-corrected chi connectivity index (χ3v) is 2.26. The Morgan fingerprint density at radius 2 is 2.35 bits per heavy atom. The Kier molecular flexibility index (Phi) is 4.96. The third-order valence-electron chi connectivity index (χ3n) is 1.99. The molecule has 0 radical (unpaired) electrons. The quantitative estimate of drug-likeness (QED) is 0.780. The van der Waals surface area contributed by atoms with Crippen molar-refractivity contribution in [1.29, 1.82) is 0 Å². The van der Waals surface area contributed by atoms with Crippen molar-refractivity contribution in [2.45, 2.75) is 19.9 Å². The van der Waals surface area contributed by atoms with Gasteiger partial charge in [0, 0.05) is 6.54 Å². The van der Waals surface area contributed by atoms with Crippen LogP contribution in [-0.4, -0.2) is 35.6 Å². The van der Waals surface area contributed by atoms with Gasteiger partial charge in [0.05, 0.1) is 13.3 Å². The van der Waals surface area contributed by atoms with Crippen molar-refractivity contribution in [2.24, 2.45) is 0 Å². The van der Waals surface area contributed by atoms with Gasteiger partial charge < -0.3 is 15.4 Å². The Balaban J connectivity index is 2.82. The summed E-state index contributed by atoms with van der Waals surface area (Å²) >= 11 is 5.92. The van der Waals surface area contributed by atoms with E-state index in [-0.39, 0.29) is 5.97 Å². The predicted octanol–water partition coefficient (Wildman–Crippen LogP) is 1.54. The zero-order chi connectivity index (χ0) is 12.8. The number of anilines is 2. The van der Waals surface area contributed by atoms with E-state index in [2.05, 4.69) is 25.3 Å². The lowest BCUT2D eigenvalue weighted by atomic mass is 10.3. The van der Waals surface area contributed by atoms with E-state index in [1.54, 1.807) is 6.92 Å². The summed E-state index contributed by atoms with van der Waals surface area (Å²) in [5, 5.41) is 6.17. The lowest BCUT2D eigenvalue weighted by Crippen LogP contribution is -2.28. The molecule has 0 fully saturated rings. The number of halogens is 1. The zero-order valence-corrected chi connectivity index (χ0v) is 10.7. The molecular weight excluding hydrogens is 244 g/mol. The second-order valence-corrected chi connectivity index (χ2v) is 3.72. The standard InChI is InChI=1S/C10H15ClN4O2/c1-4-12-10-13-5-7(11)8(15-10)14-6(2)9(16)17-3/h5-6H,4H2,1-3H3,(H2,12,13,14,15). The summed E-state index contributed by atoms with van der Waals surface area (Å²) in [5.41, 5.74) is 0. The zero-order valence-electron chi connectivity index (χ0n) is 9.95. The van der Waals surface area contributed by atoms with E-state index in [1.165, 1.54) is 13.3 Å². The largest absolute Gasteiger partial charge is 0.467 e. The highest BCUT2D eigenvalue weighted by molar-refractivity contribution is 6.32. The number of nitrogens with one attached hydrogen (secondary N) is 2. The number of aromatic nitrogens is 2. The normalized spacial score (nSPS) is 11.8. The van der Waals surface area contributed by atoms with Crippen molar-refractivity contribution in [3.8, 4) is 0 Å². The maximum Gasteiger partial charge on any atom is 0.328 e. The molecule has 0 aromatic carbocycles. The topological polar surface area (TPSA) is 76.1 Å². The van der Waals surface area contributed by atoms with Crippen LogP contribution in [0.15, 0.2) is 6.20 Å². The molecule has 1 unspecified atom stereocenters. The first-order valence-electron chi connectivity index (χ1n) is 5.19. The summed E-state index contributed by atoms with van der Waals surface area (Å²) in [6.07, 6.45) is 1.47. The second-order valence-electron chi connectivity index (χ2n) is 3.31. The Morgan fingerprint density at radius 1 is 1.65 bits per heavy atom. The van der Waals surface area contributed by atoms with Crippen LogP contribution in [0.1, 0.15) is 13.8 Å². The molecule has 6 nitrogen and oxygen atoms in total. The Morgan fingerprint density at radius 3 is 2.94 bits per heavy atom. The number of hydrogen-bond donors (Lipinski definition) is 2. The van der Waals surface area contributed by atoms with Crippen LogP contribution >= 0.6 is 11.6 Å². The van der Waals surface area contributed by atoms with Gasteiger partial charge in [-0.3, -0.25) is 0 Å². The Bertz CT molecular complexity index is 400. The van der Waals surface area contributed by atoms with Crippen LogP contribution in [0.4, 0.5) is 11.8 Å². The number of carbonyl (C=O) groups is 1. The summed E-state index contributed by atoms with van der Waals surface area (Å²) in [7, 11) is 1.33. The number of hydrogen-bond acceptors (Lipinski definition) is 6. The van der Waals surface area contributed by atoms with Gasteiger partial charge in [-0.1, -0.05) is 11.6 Å². The molecule has 1 atom stereocenters. The number of ether oxygens (including phenoxy) is 1. The first-order chi connectivity index (χ1) is 8.08. The Labute approximate surface area is 105 Å². The van der Waals surface area contributed by atoms with E-state index in [0.717, 1.165) is 0 Å². The third kappa shape index (κ3) is 3.74. The van der Waals surface area contributed by atoms with Gasteiger partial charge in [-0.05, 0) is 13.8 Å². The molecule has 0 aliphatic heterocycles. The number of methoxy groups -OCH3 is 1. The highest BCUT2D eigenvalue weighted by Gasteiger charge is 2.15. The summed E-state index contributed by atoms with van der Waals surface area (Å²) < 4.78 is 4.60. The molecule has 7 heteroatoms. The molecule has 0 aliphatic rings. The van der Waals surface area contributed by atoms with E-state index in [1.807, 2.05) is 6.92 Å². The number of rotatable bonds is 5. The van der Waals surface area contributed by atoms with E-state index in [9.17, 15) is 4.79 Å². The van der Waals surface area contributed by atoms with Crippen LogP contribution in [-0.2, 0) is 9.53 Å². The molecule has 1 heterocycles. The lowest BCUT2D eigenvalue weighted by molar-refractivity contribution is -0.141. The SMILES string of the molecule is CCNc1ncc(Cl)c(NC(C)C(=O)OC)n1. The van der Waals surface area contributed by atoms with Crippen molar-refractivity contribution >= 4 is 29.3 Å². The molecule has 17 heavy (non-hydrogen) atoms. The first kappa shape index (κ1) is 13.5. The van der Waals surface area contributed by atoms with Crippen molar-refractivity contribution in [2.75, 3.05) is 24.3 Å². The van der Waals surface area contributed by atoms with E-state index in [4.69, 9.17) is 11.6 Å². The van der Waals surface area contributed by atoms with Crippen molar-refractivity contribution in [3.63, 3.8) is 0 Å². The minimum absolute atomic E-state index is 0.349. The smallest absolute Gasteiger partial charge is 0.328 e. The van der Waals surface area contributed by atoms with Gasteiger partial charge in [-0.2, -0.15) is 4.98 Å². The molecule has 0 spiro atoms. The van der Waals surface area contributed by atoms with Gasteiger partial charge in [0.15, 0.2) is 5.82 Å².